The zero-order chi connectivity index (χ0) is 17.2. The Morgan fingerprint density at radius 3 is 2.88 bits per heavy atom. The van der Waals surface area contributed by atoms with Gasteiger partial charge in [-0.15, -0.1) is 0 Å². The molecule has 0 bridgehead atoms. The number of aliphatic imine (C=N–C) groups is 1. The van der Waals surface area contributed by atoms with Crippen LogP contribution in [0.15, 0.2) is 17.1 Å². The number of nitrogens with one attached hydrogen (secondary N) is 2. The van der Waals surface area contributed by atoms with Crippen molar-refractivity contribution in [1.82, 2.24) is 10.6 Å². The highest BCUT2D eigenvalue weighted by atomic mass is 35.5. The van der Waals surface area contributed by atoms with Crippen LogP contribution in [0.3, 0.4) is 0 Å². The predicted octanol–water partition coefficient (Wildman–Crippen LogP) is 2.59. The van der Waals surface area contributed by atoms with E-state index >= 15 is 0 Å². The summed E-state index contributed by atoms with van der Waals surface area (Å²) >= 11 is 6.31. The lowest BCUT2D eigenvalue weighted by atomic mass is 10.2. The van der Waals surface area contributed by atoms with Crippen molar-refractivity contribution in [2.45, 2.75) is 26.8 Å². The molecular weight excluding hydrogens is 330 g/mol. The normalized spacial score (nSPS) is 14.2. The molecule has 0 spiro atoms. The Bertz CT molecular complexity index is 552. The van der Waals surface area contributed by atoms with E-state index in [2.05, 4.69) is 15.6 Å². The SMILES string of the molecule is CCNC(=NCc1cc(Cl)c2c(c1)OCCCO2)NCCOCC. The van der Waals surface area contributed by atoms with Gasteiger partial charge in [-0.3, -0.25) is 0 Å². The van der Waals surface area contributed by atoms with Gasteiger partial charge in [-0.25, -0.2) is 4.99 Å². The quantitative estimate of drug-likeness (QED) is 0.447. The second kappa shape index (κ2) is 10.3. The van der Waals surface area contributed by atoms with Crippen molar-refractivity contribution in [2.75, 3.05) is 39.5 Å². The highest BCUT2D eigenvalue weighted by molar-refractivity contribution is 6.32. The van der Waals surface area contributed by atoms with E-state index in [0.717, 1.165) is 24.5 Å². The molecule has 0 unspecified atom stereocenters. The summed E-state index contributed by atoms with van der Waals surface area (Å²) in [4.78, 5) is 4.58. The summed E-state index contributed by atoms with van der Waals surface area (Å²) in [5.41, 5.74) is 0.978. The average molecular weight is 356 g/mol. The molecule has 0 saturated carbocycles. The van der Waals surface area contributed by atoms with Gasteiger partial charge in [0.2, 0.25) is 0 Å². The van der Waals surface area contributed by atoms with Gasteiger partial charge in [0.1, 0.15) is 0 Å². The number of fused-ring (bicyclic) bond motifs is 1. The van der Waals surface area contributed by atoms with Crippen molar-refractivity contribution in [3.05, 3.63) is 22.7 Å². The molecule has 1 aliphatic heterocycles. The Morgan fingerprint density at radius 1 is 1.25 bits per heavy atom. The molecule has 0 fully saturated rings. The van der Waals surface area contributed by atoms with E-state index in [9.17, 15) is 0 Å². The smallest absolute Gasteiger partial charge is 0.191 e. The minimum Gasteiger partial charge on any atom is -0.489 e. The topological polar surface area (TPSA) is 64.1 Å². The first kappa shape index (κ1) is 18.7. The molecule has 1 aromatic rings. The third kappa shape index (κ3) is 5.76. The standard InChI is InChI=1S/C17H26ClN3O3/c1-3-19-17(20-6-9-22-4-2)21-12-13-10-14(18)16-15(11-13)23-7-5-8-24-16/h10-11H,3-9,12H2,1-2H3,(H2,19,20,21). The van der Waals surface area contributed by atoms with Crippen molar-refractivity contribution in [3.63, 3.8) is 0 Å². The van der Waals surface area contributed by atoms with Crippen LogP contribution >= 0.6 is 11.6 Å². The number of benzene rings is 1. The van der Waals surface area contributed by atoms with Crippen molar-refractivity contribution in [3.8, 4) is 11.5 Å². The Balaban J connectivity index is 2.02. The fraction of sp³-hybridized carbons (Fsp3) is 0.588. The third-order valence-corrected chi connectivity index (χ3v) is 3.65. The zero-order valence-electron chi connectivity index (χ0n) is 14.4. The van der Waals surface area contributed by atoms with Gasteiger partial charge in [-0.2, -0.15) is 0 Å². The number of ether oxygens (including phenoxy) is 3. The van der Waals surface area contributed by atoms with Gasteiger partial charge < -0.3 is 24.8 Å². The molecule has 0 amide bonds. The van der Waals surface area contributed by atoms with E-state index < -0.39 is 0 Å². The van der Waals surface area contributed by atoms with E-state index in [-0.39, 0.29) is 0 Å². The summed E-state index contributed by atoms with van der Waals surface area (Å²) in [6.07, 6.45) is 0.854. The number of rotatable bonds is 7. The molecule has 2 rings (SSSR count). The first-order valence-electron chi connectivity index (χ1n) is 8.42. The lowest BCUT2D eigenvalue weighted by molar-refractivity contribution is 0.152. The summed E-state index contributed by atoms with van der Waals surface area (Å²) in [5.74, 6) is 2.07. The molecule has 134 valence electrons. The van der Waals surface area contributed by atoms with E-state index in [0.29, 0.717) is 56.0 Å². The van der Waals surface area contributed by atoms with Crippen LogP contribution in [-0.4, -0.2) is 45.5 Å². The van der Waals surface area contributed by atoms with E-state index in [4.69, 9.17) is 25.8 Å². The van der Waals surface area contributed by atoms with E-state index in [1.807, 2.05) is 26.0 Å². The molecule has 0 atom stereocenters. The fourth-order valence-electron chi connectivity index (χ4n) is 2.27. The lowest BCUT2D eigenvalue weighted by Gasteiger charge is -2.13. The number of hydrogen-bond donors (Lipinski definition) is 2. The highest BCUT2D eigenvalue weighted by Crippen LogP contribution is 2.38. The minimum atomic E-state index is 0.500. The third-order valence-electron chi connectivity index (χ3n) is 3.37. The lowest BCUT2D eigenvalue weighted by Crippen LogP contribution is -2.39. The minimum absolute atomic E-state index is 0.500. The number of guanidine groups is 1. The predicted molar refractivity (Wildman–Crippen MR) is 96.4 cm³/mol. The summed E-state index contributed by atoms with van der Waals surface area (Å²) < 4.78 is 16.7. The monoisotopic (exact) mass is 355 g/mol. The molecular formula is C17H26ClN3O3. The number of nitrogens with zero attached hydrogens (tertiary/aromatic N) is 1. The van der Waals surface area contributed by atoms with Crippen molar-refractivity contribution >= 4 is 17.6 Å². The average Bonchev–Trinajstić information content (AvgIpc) is 2.82. The first-order chi connectivity index (χ1) is 11.7. The van der Waals surface area contributed by atoms with Gasteiger partial charge in [0, 0.05) is 26.1 Å². The van der Waals surface area contributed by atoms with Crippen molar-refractivity contribution in [2.24, 2.45) is 4.99 Å². The summed E-state index contributed by atoms with van der Waals surface area (Å²) in [7, 11) is 0. The molecule has 24 heavy (non-hydrogen) atoms. The van der Waals surface area contributed by atoms with Gasteiger partial charge >= 0.3 is 0 Å². The van der Waals surface area contributed by atoms with E-state index in [1.54, 1.807) is 0 Å². The van der Waals surface area contributed by atoms with Gasteiger partial charge in [-0.05, 0) is 31.5 Å². The second-order valence-corrected chi connectivity index (χ2v) is 5.68. The maximum atomic E-state index is 6.31. The molecule has 0 saturated heterocycles. The first-order valence-corrected chi connectivity index (χ1v) is 8.80. The van der Waals surface area contributed by atoms with Crippen LogP contribution in [-0.2, 0) is 11.3 Å². The van der Waals surface area contributed by atoms with Crippen LogP contribution in [0.1, 0.15) is 25.8 Å². The summed E-state index contributed by atoms with van der Waals surface area (Å²) in [6, 6.07) is 3.82. The van der Waals surface area contributed by atoms with Crippen LogP contribution in [0.4, 0.5) is 0 Å². The van der Waals surface area contributed by atoms with E-state index in [1.165, 1.54) is 0 Å². The number of halogens is 1. The second-order valence-electron chi connectivity index (χ2n) is 5.27. The molecule has 1 heterocycles. The fourth-order valence-corrected chi connectivity index (χ4v) is 2.56. The Labute approximate surface area is 148 Å². The summed E-state index contributed by atoms with van der Waals surface area (Å²) in [5, 5.41) is 7.01. The van der Waals surface area contributed by atoms with Crippen LogP contribution in [0.2, 0.25) is 5.02 Å². The Kier molecular flexibility index (Phi) is 7.98. The number of hydrogen-bond acceptors (Lipinski definition) is 4. The van der Waals surface area contributed by atoms with Gasteiger partial charge in [0.15, 0.2) is 17.5 Å². The molecule has 7 heteroatoms. The zero-order valence-corrected chi connectivity index (χ0v) is 15.1. The van der Waals surface area contributed by atoms with Crippen LogP contribution in [0, 0.1) is 0 Å². The molecule has 0 aromatic heterocycles. The summed E-state index contributed by atoms with van der Waals surface area (Å²) in [6.45, 7) is 8.64. The Morgan fingerprint density at radius 2 is 2.08 bits per heavy atom. The maximum absolute atomic E-state index is 6.31. The molecule has 1 aromatic carbocycles. The van der Waals surface area contributed by atoms with Crippen molar-refractivity contribution < 1.29 is 14.2 Å². The molecule has 0 aliphatic carbocycles. The van der Waals surface area contributed by atoms with Crippen LogP contribution < -0.4 is 20.1 Å². The molecule has 0 radical (unpaired) electrons. The van der Waals surface area contributed by atoms with Crippen LogP contribution in [0.25, 0.3) is 0 Å². The maximum Gasteiger partial charge on any atom is 0.191 e. The molecule has 1 aliphatic rings. The van der Waals surface area contributed by atoms with Crippen LogP contribution in [0.5, 0.6) is 11.5 Å². The highest BCUT2D eigenvalue weighted by Gasteiger charge is 2.15. The Hall–Kier alpha value is -1.66. The molecule has 2 N–H and O–H groups in total. The van der Waals surface area contributed by atoms with Gasteiger partial charge in [0.05, 0.1) is 31.4 Å². The molecule has 6 nitrogen and oxygen atoms in total. The van der Waals surface area contributed by atoms with Crippen molar-refractivity contribution in [1.29, 1.82) is 0 Å². The largest absolute Gasteiger partial charge is 0.489 e. The van der Waals surface area contributed by atoms with Gasteiger partial charge in [-0.1, -0.05) is 11.6 Å². The van der Waals surface area contributed by atoms with Gasteiger partial charge in [0.25, 0.3) is 0 Å².